The van der Waals surface area contributed by atoms with E-state index in [1.54, 1.807) is 0 Å². The topological polar surface area (TPSA) is 33.3 Å². The third-order valence-electron chi connectivity index (χ3n) is 2.37. The van der Waals surface area contributed by atoms with E-state index in [0.29, 0.717) is 12.0 Å². The number of hydrogen-bond acceptors (Lipinski definition) is 3. The summed E-state index contributed by atoms with van der Waals surface area (Å²) >= 11 is 0. The Morgan fingerprint density at radius 2 is 1.86 bits per heavy atom. The van der Waals surface area contributed by atoms with Crippen LogP contribution in [0.5, 0.6) is 0 Å². The molecule has 3 nitrogen and oxygen atoms in total. The van der Waals surface area contributed by atoms with Crippen LogP contribution in [0.4, 0.5) is 0 Å². The molecule has 1 heterocycles. The Morgan fingerprint density at radius 1 is 1.21 bits per heavy atom. The van der Waals surface area contributed by atoms with Crippen molar-refractivity contribution in [1.82, 2.24) is 10.6 Å². The minimum Gasteiger partial charge on any atom is -0.377 e. The quantitative estimate of drug-likeness (QED) is 0.671. The molecule has 2 N–H and O–H groups in total. The summed E-state index contributed by atoms with van der Waals surface area (Å²) in [6.07, 6.45) is 0. The van der Waals surface area contributed by atoms with Crippen LogP contribution in [0.1, 0.15) is 27.7 Å². The highest BCUT2D eigenvalue weighted by Gasteiger charge is 2.38. The van der Waals surface area contributed by atoms with Crippen LogP contribution in [0.3, 0.4) is 0 Å². The van der Waals surface area contributed by atoms with Crippen LogP contribution in [-0.4, -0.2) is 37.9 Å². The Balaban J connectivity index is 2.23. The molecule has 1 saturated heterocycles. The first kappa shape index (κ1) is 12.0. The van der Waals surface area contributed by atoms with E-state index in [1.807, 2.05) is 0 Å². The molecule has 0 unspecified atom stereocenters. The third kappa shape index (κ3) is 3.56. The predicted molar refractivity (Wildman–Crippen MR) is 59.5 cm³/mol. The van der Waals surface area contributed by atoms with Gasteiger partial charge in [-0.25, -0.2) is 0 Å². The van der Waals surface area contributed by atoms with E-state index in [4.69, 9.17) is 4.74 Å². The minimum absolute atomic E-state index is 0.197. The third-order valence-corrected chi connectivity index (χ3v) is 2.37. The summed E-state index contributed by atoms with van der Waals surface area (Å²) in [7, 11) is 0. The van der Waals surface area contributed by atoms with E-state index in [0.717, 1.165) is 26.3 Å². The van der Waals surface area contributed by atoms with Crippen molar-refractivity contribution in [2.45, 2.75) is 39.3 Å². The number of nitrogens with one attached hydrogen (secondary N) is 2. The van der Waals surface area contributed by atoms with Crippen molar-refractivity contribution in [3.05, 3.63) is 0 Å². The zero-order valence-corrected chi connectivity index (χ0v) is 9.89. The second kappa shape index (κ2) is 5.10. The maximum Gasteiger partial charge on any atom is 0.0781 e. The maximum atomic E-state index is 5.29. The SMILES string of the molecule is CC(C)CNCC1(NC(C)C)COC1. The van der Waals surface area contributed by atoms with Crippen molar-refractivity contribution in [2.75, 3.05) is 26.3 Å². The smallest absolute Gasteiger partial charge is 0.0781 e. The minimum atomic E-state index is 0.197. The van der Waals surface area contributed by atoms with E-state index in [-0.39, 0.29) is 5.54 Å². The lowest BCUT2D eigenvalue weighted by Gasteiger charge is -2.44. The van der Waals surface area contributed by atoms with Gasteiger partial charge in [-0.2, -0.15) is 0 Å². The summed E-state index contributed by atoms with van der Waals surface area (Å²) in [5.74, 6) is 0.715. The molecule has 0 bridgehead atoms. The summed E-state index contributed by atoms with van der Waals surface area (Å²) in [6.45, 7) is 12.6. The maximum absolute atomic E-state index is 5.29. The van der Waals surface area contributed by atoms with Crippen molar-refractivity contribution in [3.63, 3.8) is 0 Å². The highest BCUT2D eigenvalue weighted by atomic mass is 16.5. The molecular formula is C11H24N2O. The van der Waals surface area contributed by atoms with E-state index in [1.165, 1.54) is 0 Å². The average molecular weight is 200 g/mol. The van der Waals surface area contributed by atoms with Gasteiger partial charge < -0.3 is 15.4 Å². The lowest BCUT2D eigenvalue weighted by atomic mass is 9.96. The summed E-state index contributed by atoms with van der Waals surface area (Å²) < 4.78 is 5.29. The zero-order chi connectivity index (χ0) is 10.6. The van der Waals surface area contributed by atoms with Crippen LogP contribution in [0.25, 0.3) is 0 Å². The first-order valence-corrected chi connectivity index (χ1v) is 5.60. The van der Waals surface area contributed by atoms with E-state index < -0.39 is 0 Å². The van der Waals surface area contributed by atoms with Gasteiger partial charge >= 0.3 is 0 Å². The fourth-order valence-electron chi connectivity index (χ4n) is 1.80. The van der Waals surface area contributed by atoms with Crippen molar-refractivity contribution < 1.29 is 4.74 Å². The molecule has 84 valence electrons. The van der Waals surface area contributed by atoms with Crippen LogP contribution in [0.15, 0.2) is 0 Å². The van der Waals surface area contributed by atoms with Crippen molar-refractivity contribution in [3.8, 4) is 0 Å². The lowest BCUT2D eigenvalue weighted by molar-refractivity contribution is -0.0766. The van der Waals surface area contributed by atoms with Gasteiger partial charge in [0.2, 0.25) is 0 Å². The highest BCUT2D eigenvalue weighted by Crippen LogP contribution is 2.16. The molecule has 3 heteroatoms. The van der Waals surface area contributed by atoms with E-state index >= 15 is 0 Å². The molecule has 1 fully saturated rings. The Kier molecular flexibility index (Phi) is 4.35. The van der Waals surface area contributed by atoms with Gasteiger partial charge in [0, 0.05) is 12.6 Å². The molecule has 1 aliphatic rings. The molecule has 14 heavy (non-hydrogen) atoms. The van der Waals surface area contributed by atoms with Crippen LogP contribution in [-0.2, 0) is 4.74 Å². The van der Waals surface area contributed by atoms with Gasteiger partial charge in [-0.1, -0.05) is 27.7 Å². The molecule has 0 aromatic rings. The summed E-state index contributed by atoms with van der Waals surface area (Å²) in [5.41, 5.74) is 0.197. The molecule has 0 saturated carbocycles. The molecule has 0 radical (unpaired) electrons. The molecular weight excluding hydrogens is 176 g/mol. The Bertz CT molecular complexity index is 165. The van der Waals surface area contributed by atoms with Crippen LogP contribution >= 0.6 is 0 Å². The van der Waals surface area contributed by atoms with Gasteiger partial charge in [0.15, 0.2) is 0 Å². The van der Waals surface area contributed by atoms with Gasteiger partial charge in [-0.15, -0.1) is 0 Å². The summed E-state index contributed by atoms with van der Waals surface area (Å²) in [4.78, 5) is 0. The Hall–Kier alpha value is -0.120. The van der Waals surface area contributed by atoms with E-state index in [2.05, 4.69) is 38.3 Å². The summed E-state index contributed by atoms with van der Waals surface area (Å²) in [6, 6.07) is 0.528. The first-order chi connectivity index (χ1) is 6.54. The normalized spacial score (nSPS) is 20.1. The van der Waals surface area contributed by atoms with E-state index in [9.17, 15) is 0 Å². The fraction of sp³-hybridized carbons (Fsp3) is 1.00. The molecule has 1 aliphatic heterocycles. The van der Waals surface area contributed by atoms with Gasteiger partial charge in [-0.3, -0.25) is 0 Å². The van der Waals surface area contributed by atoms with Crippen LogP contribution in [0, 0.1) is 5.92 Å². The standard InChI is InChI=1S/C11H24N2O/c1-9(2)5-12-6-11(7-14-8-11)13-10(3)4/h9-10,12-13H,5-8H2,1-4H3. The molecule has 0 amide bonds. The van der Waals surface area contributed by atoms with Gasteiger partial charge in [-0.05, 0) is 12.5 Å². The highest BCUT2D eigenvalue weighted by molar-refractivity contribution is 4.97. The van der Waals surface area contributed by atoms with Crippen molar-refractivity contribution in [2.24, 2.45) is 5.92 Å². The van der Waals surface area contributed by atoms with Crippen molar-refractivity contribution >= 4 is 0 Å². The molecule has 0 atom stereocenters. The fourth-order valence-corrected chi connectivity index (χ4v) is 1.80. The van der Waals surface area contributed by atoms with Crippen molar-refractivity contribution in [1.29, 1.82) is 0 Å². The second-order valence-corrected chi connectivity index (χ2v) is 5.10. The molecule has 0 spiro atoms. The lowest BCUT2D eigenvalue weighted by Crippen LogP contribution is -2.67. The van der Waals surface area contributed by atoms with Gasteiger partial charge in [0.1, 0.15) is 0 Å². The number of rotatable bonds is 6. The molecule has 1 rings (SSSR count). The van der Waals surface area contributed by atoms with Gasteiger partial charge in [0.05, 0.1) is 18.8 Å². The van der Waals surface area contributed by atoms with Crippen LogP contribution < -0.4 is 10.6 Å². The Labute approximate surface area is 87.6 Å². The monoisotopic (exact) mass is 200 g/mol. The summed E-state index contributed by atoms with van der Waals surface area (Å²) in [5, 5.41) is 7.07. The number of hydrogen-bond donors (Lipinski definition) is 2. The molecule has 0 aliphatic carbocycles. The zero-order valence-electron chi connectivity index (χ0n) is 9.89. The molecule has 0 aromatic heterocycles. The predicted octanol–water partition coefficient (Wildman–Crippen LogP) is 0.999. The molecule has 0 aromatic carbocycles. The average Bonchev–Trinajstić information content (AvgIpc) is 1.98. The number of ether oxygens (including phenoxy) is 1. The van der Waals surface area contributed by atoms with Gasteiger partial charge in [0.25, 0.3) is 0 Å². The second-order valence-electron chi connectivity index (χ2n) is 5.10. The largest absolute Gasteiger partial charge is 0.377 e. The first-order valence-electron chi connectivity index (χ1n) is 5.60. The Morgan fingerprint density at radius 3 is 2.21 bits per heavy atom. The van der Waals surface area contributed by atoms with Crippen LogP contribution in [0.2, 0.25) is 0 Å².